The van der Waals surface area contributed by atoms with Crippen LogP contribution in [0, 0.1) is 5.82 Å². The SMILES string of the molecule is O=C(CSc1nncn1-c1ccccc1F)N[C@H](Cc1ccccc1)c1ccccc1. The highest BCUT2D eigenvalue weighted by Crippen LogP contribution is 2.22. The number of nitrogens with zero attached hydrogens (tertiary/aromatic N) is 3. The molecule has 31 heavy (non-hydrogen) atoms. The van der Waals surface area contributed by atoms with Crippen molar-refractivity contribution >= 4 is 17.7 Å². The van der Waals surface area contributed by atoms with Crippen LogP contribution in [0.1, 0.15) is 17.2 Å². The Labute approximate surface area is 184 Å². The Morgan fingerprint density at radius 1 is 0.968 bits per heavy atom. The molecular formula is C24H21FN4OS. The van der Waals surface area contributed by atoms with E-state index in [1.165, 1.54) is 24.2 Å². The zero-order valence-electron chi connectivity index (χ0n) is 16.7. The van der Waals surface area contributed by atoms with Gasteiger partial charge in [-0.2, -0.15) is 0 Å². The molecule has 156 valence electrons. The minimum absolute atomic E-state index is 0.127. The lowest BCUT2D eigenvalue weighted by atomic mass is 9.99. The van der Waals surface area contributed by atoms with Crippen LogP contribution in [0.5, 0.6) is 0 Å². The third kappa shape index (κ3) is 5.38. The molecule has 1 heterocycles. The van der Waals surface area contributed by atoms with Crippen LogP contribution in [-0.2, 0) is 11.2 Å². The standard InChI is InChI=1S/C24H21FN4OS/c25-20-13-7-8-14-22(20)29-17-26-28-24(29)31-16-23(30)27-21(19-11-5-2-6-12-19)15-18-9-3-1-4-10-18/h1-14,17,21H,15-16H2,(H,27,30)/t21-/m1/s1. The lowest BCUT2D eigenvalue weighted by molar-refractivity contribution is -0.119. The van der Waals surface area contributed by atoms with Crippen molar-refractivity contribution in [1.29, 1.82) is 0 Å². The van der Waals surface area contributed by atoms with E-state index >= 15 is 0 Å². The average Bonchev–Trinajstić information content (AvgIpc) is 3.27. The van der Waals surface area contributed by atoms with Crippen LogP contribution >= 0.6 is 11.8 Å². The van der Waals surface area contributed by atoms with Crippen molar-refractivity contribution in [2.24, 2.45) is 0 Å². The second kappa shape index (κ2) is 10.0. The van der Waals surface area contributed by atoms with E-state index < -0.39 is 0 Å². The van der Waals surface area contributed by atoms with Crippen LogP contribution in [0.2, 0.25) is 0 Å². The first-order chi connectivity index (χ1) is 15.2. The molecule has 5 nitrogen and oxygen atoms in total. The van der Waals surface area contributed by atoms with Crippen molar-refractivity contribution in [2.75, 3.05) is 5.75 Å². The molecule has 0 spiro atoms. The van der Waals surface area contributed by atoms with Gasteiger partial charge in [-0.25, -0.2) is 4.39 Å². The van der Waals surface area contributed by atoms with E-state index in [1.54, 1.807) is 22.8 Å². The molecule has 0 unspecified atom stereocenters. The second-order valence-corrected chi connectivity index (χ2v) is 7.89. The number of hydrogen-bond donors (Lipinski definition) is 1. The summed E-state index contributed by atoms with van der Waals surface area (Å²) in [6.07, 6.45) is 2.13. The molecule has 1 N–H and O–H groups in total. The summed E-state index contributed by atoms with van der Waals surface area (Å²) >= 11 is 1.22. The number of aromatic nitrogens is 3. The number of para-hydroxylation sites is 1. The van der Waals surface area contributed by atoms with Crippen molar-refractivity contribution in [2.45, 2.75) is 17.6 Å². The van der Waals surface area contributed by atoms with Crippen LogP contribution < -0.4 is 5.32 Å². The van der Waals surface area contributed by atoms with Gasteiger partial charge >= 0.3 is 0 Å². The first-order valence-corrected chi connectivity index (χ1v) is 10.9. The van der Waals surface area contributed by atoms with E-state index in [9.17, 15) is 9.18 Å². The predicted molar refractivity (Wildman–Crippen MR) is 120 cm³/mol. The summed E-state index contributed by atoms with van der Waals surface area (Å²) in [4.78, 5) is 12.8. The van der Waals surface area contributed by atoms with Crippen molar-refractivity contribution in [3.8, 4) is 5.69 Å². The molecule has 0 aliphatic carbocycles. The molecule has 1 atom stereocenters. The average molecular weight is 433 g/mol. The number of carbonyl (C=O) groups is 1. The minimum atomic E-state index is -0.374. The van der Waals surface area contributed by atoms with E-state index in [1.807, 2.05) is 60.7 Å². The Bertz CT molecular complexity index is 1130. The van der Waals surface area contributed by atoms with Crippen molar-refractivity contribution in [3.63, 3.8) is 0 Å². The Morgan fingerprint density at radius 3 is 2.39 bits per heavy atom. The van der Waals surface area contributed by atoms with Crippen LogP contribution in [0.25, 0.3) is 5.69 Å². The van der Waals surface area contributed by atoms with Crippen molar-refractivity contribution in [3.05, 3.63) is 108 Å². The van der Waals surface area contributed by atoms with Gasteiger partial charge in [-0.1, -0.05) is 84.6 Å². The number of benzene rings is 3. The van der Waals surface area contributed by atoms with Gasteiger partial charge in [-0.05, 0) is 29.7 Å². The Kier molecular flexibility index (Phi) is 6.74. The fourth-order valence-corrected chi connectivity index (χ4v) is 4.02. The second-order valence-electron chi connectivity index (χ2n) is 6.94. The van der Waals surface area contributed by atoms with Gasteiger partial charge in [-0.3, -0.25) is 9.36 Å². The summed E-state index contributed by atoms with van der Waals surface area (Å²) < 4.78 is 15.7. The number of rotatable bonds is 8. The van der Waals surface area contributed by atoms with Gasteiger partial charge in [0.25, 0.3) is 0 Å². The summed E-state index contributed by atoms with van der Waals surface area (Å²) in [5.41, 5.74) is 2.53. The van der Waals surface area contributed by atoms with Gasteiger partial charge in [-0.15, -0.1) is 10.2 Å². The number of nitrogens with one attached hydrogen (secondary N) is 1. The molecule has 1 aromatic heterocycles. The number of hydrogen-bond acceptors (Lipinski definition) is 4. The summed E-state index contributed by atoms with van der Waals surface area (Å²) in [6, 6.07) is 26.2. The van der Waals surface area contributed by atoms with Crippen LogP contribution in [0.15, 0.2) is 96.4 Å². The quantitative estimate of drug-likeness (QED) is 0.414. The van der Waals surface area contributed by atoms with Gasteiger partial charge in [0.05, 0.1) is 17.5 Å². The van der Waals surface area contributed by atoms with E-state index in [0.29, 0.717) is 17.3 Å². The largest absolute Gasteiger partial charge is 0.348 e. The minimum Gasteiger partial charge on any atom is -0.348 e. The summed E-state index contributed by atoms with van der Waals surface area (Å²) in [5.74, 6) is -0.357. The van der Waals surface area contributed by atoms with E-state index in [-0.39, 0.29) is 23.5 Å². The molecule has 0 bridgehead atoms. The molecule has 7 heteroatoms. The molecular weight excluding hydrogens is 411 g/mol. The molecule has 0 saturated heterocycles. The van der Waals surface area contributed by atoms with E-state index in [0.717, 1.165) is 11.1 Å². The topological polar surface area (TPSA) is 59.8 Å². The normalized spacial score (nSPS) is 11.8. The van der Waals surface area contributed by atoms with E-state index in [2.05, 4.69) is 15.5 Å². The summed E-state index contributed by atoms with van der Waals surface area (Å²) in [7, 11) is 0. The number of thioether (sulfide) groups is 1. The van der Waals surface area contributed by atoms with Crippen LogP contribution in [0.4, 0.5) is 4.39 Å². The Hall–Kier alpha value is -3.45. The predicted octanol–water partition coefficient (Wildman–Crippen LogP) is 4.60. The summed E-state index contributed by atoms with van der Waals surface area (Å²) in [5, 5.41) is 11.5. The highest BCUT2D eigenvalue weighted by atomic mass is 32.2. The fraction of sp³-hybridized carbons (Fsp3) is 0.125. The van der Waals surface area contributed by atoms with Crippen molar-refractivity contribution in [1.82, 2.24) is 20.1 Å². The molecule has 4 rings (SSSR count). The zero-order chi connectivity index (χ0) is 21.5. The van der Waals surface area contributed by atoms with Gasteiger partial charge in [0.1, 0.15) is 12.1 Å². The molecule has 0 saturated carbocycles. The maximum Gasteiger partial charge on any atom is 0.230 e. The first-order valence-electron chi connectivity index (χ1n) is 9.86. The highest BCUT2D eigenvalue weighted by molar-refractivity contribution is 7.99. The Morgan fingerprint density at radius 2 is 1.65 bits per heavy atom. The van der Waals surface area contributed by atoms with Gasteiger partial charge in [0, 0.05) is 0 Å². The highest BCUT2D eigenvalue weighted by Gasteiger charge is 2.17. The molecule has 0 fully saturated rings. The molecule has 0 aliphatic rings. The van der Waals surface area contributed by atoms with Gasteiger partial charge in [0.15, 0.2) is 5.16 Å². The number of halogens is 1. The van der Waals surface area contributed by atoms with Crippen LogP contribution in [0.3, 0.4) is 0 Å². The van der Waals surface area contributed by atoms with E-state index in [4.69, 9.17) is 0 Å². The zero-order valence-corrected chi connectivity index (χ0v) is 17.5. The maximum absolute atomic E-state index is 14.1. The molecule has 0 aliphatic heterocycles. The third-order valence-electron chi connectivity index (χ3n) is 4.78. The smallest absolute Gasteiger partial charge is 0.230 e. The molecule has 3 aromatic carbocycles. The molecule has 0 radical (unpaired) electrons. The Balaban J connectivity index is 1.44. The first kappa shape index (κ1) is 20.8. The molecule has 1 amide bonds. The molecule has 4 aromatic rings. The third-order valence-corrected chi connectivity index (χ3v) is 5.72. The fourth-order valence-electron chi connectivity index (χ4n) is 3.29. The van der Waals surface area contributed by atoms with Gasteiger partial charge < -0.3 is 5.32 Å². The lowest BCUT2D eigenvalue weighted by Crippen LogP contribution is -2.31. The number of carbonyl (C=O) groups excluding carboxylic acids is 1. The number of amides is 1. The monoisotopic (exact) mass is 432 g/mol. The maximum atomic E-state index is 14.1. The lowest BCUT2D eigenvalue weighted by Gasteiger charge is -2.19. The van der Waals surface area contributed by atoms with Crippen LogP contribution in [-0.4, -0.2) is 26.4 Å². The van der Waals surface area contributed by atoms with Gasteiger partial charge in [0.2, 0.25) is 5.91 Å². The summed E-state index contributed by atoms with van der Waals surface area (Å²) in [6.45, 7) is 0. The van der Waals surface area contributed by atoms with Crippen molar-refractivity contribution < 1.29 is 9.18 Å².